The van der Waals surface area contributed by atoms with E-state index in [9.17, 15) is 18.0 Å². The van der Waals surface area contributed by atoms with Gasteiger partial charge in [0.05, 0.1) is 31.5 Å². The van der Waals surface area contributed by atoms with E-state index in [4.69, 9.17) is 16.3 Å². The predicted molar refractivity (Wildman–Crippen MR) is 69.1 cm³/mol. The number of nitrogens with zero attached hydrogens (tertiary/aromatic N) is 2. The second kappa shape index (κ2) is 6.94. The van der Waals surface area contributed by atoms with Crippen molar-refractivity contribution in [2.45, 2.75) is 32.1 Å². The van der Waals surface area contributed by atoms with E-state index in [0.717, 1.165) is 4.68 Å². The van der Waals surface area contributed by atoms with Gasteiger partial charge in [-0.05, 0) is 6.92 Å². The first kappa shape index (κ1) is 16.8. The highest BCUT2D eigenvalue weighted by molar-refractivity contribution is 6.32. The van der Waals surface area contributed by atoms with Gasteiger partial charge in [0.25, 0.3) is 5.56 Å². The maximum atomic E-state index is 12.2. The number of aromatic nitrogens is 2. The molecule has 5 nitrogen and oxygen atoms in total. The summed E-state index contributed by atoms with van der Waals surface area (Å²) in [6.45, 7) is 1.84. The Bertz CT molecular complexity index is 505. The average molecular weight is 314 g/mol. The SMILES string of the molecule is COCCn1ncc(NC(C)CC(F)(F)F)c(Cl)c1=O. The first-order valence-electron chi connectivity index (χ1n) is 5.82. The highest BCUT2D eigenvalue weighted by atomic mass is 35.5. The van der Waals surface area contributed by atoms with E-state index >= 15 is 0 Å². The lowest BCUT2D eigenvalue weighted by atomic mass is 10.2. The van der Waals surface area contributed by atoms with Crippen LogP contribution in [0.3, 0.4) is 0 Å². The Hall–Kier alpha value is -1.28. The molecule has 0 aliphatic rings. The van der Waals surface area contributed by atoms with Gasteiger partial charge in [0, 0.05) is 13.2 Å². The van der Waals surface area contributed by atoms with Crippen LogP contribution in [-0.2, 0) is 11.3 Å². The number of halogens is 4. The molecule has 20 heavy (non-hydrogen) atoms. The quantitative estimate of drug-likeness (QED) is 0.875. The predicted octanol–water partition coefficient (Wildman–Crippen LogP) is 2.30. The van der Waals surface area contributed by atoms with Crippen LogP contribution in [0.1, 0.15) is 13.3 Å². The first-order valence-corrected chi connectivity index (χ1v) is 6.20. The third-order valence-corrected chi connectivity index (χ3v) is 2.80. The summed E-state index contributed by atoms with van der Waals surface area (Å²) < 4.78 is 42.6. The Balaban J connectivity index is 2.82. The minimum atomic E-state index is -4.29. The smallest absolute Gasteiger partial charge is 0.383 e. The van der Waals surface area contributed by atoms with E-state index in [1.165, 1.54) is 20.2 Å². The van der Waals surface area contributed by atoms with Gasteiger partial charge in [0.2, 0.25) is 0 Å². The second-order valence-electron chi connectivity index (χ2n) is 4.26. The molecule has 1 aromatic heterocycles. The molecule has 0 aliphatic heterocycles. The van der Waals surface area contributed by atoms with Crippen molar-refractivity contribution < 1.29 is 17.9 Å². The Labute approximate surface area is 118 Å². The summed E-state index contributed by atoms with van der Waals surface area (Å²) in [6, 6.07) is -0.913. The maximum absolute atomic E-state index is 12.2. The number of methoxy groups -OCH3 is 1. The zero-order valence-electron chi connectivity index (χ0n) is 11.0. The molecule has 1 unspecified atom stereocenters. The van der Waals surface area contributed by atoms with E-state index in [1.807, 2.05) is 0 Å². The summed E-state index contributed by atoms with van der Waals surface area (Å²) in [5, 5.41) is 6.16. The molecule has 0 spiro atoms. The van der Waals surface area contributed by atoms with Gasteiger partial charge >= 0.3 is 6.18 Å². The molecule has 1 atom stereocenters. The van der Waals surface area contributed by atoms with Crippen LogP contribution in [0.5, 0.6) is 0 Å². The third kappa shape index (κ3) is 5.01. The topological polar surface area (TPSA) is 56.1 Å². The van der Waals surface area contributed by atoms with Gasteiger partial charge in [-0.1, -0.05) is 11.6 Å². The van der Waals surface area contributed by atoms with Crippen molar-refractivity contribution in [3.8, 4) is 0 Å². The Morgan fingerprint density at radius 3 is 2.75 bits per heavy atom. The molecular formula is C11H15ClF3N3O2. The zero-order chi connectivity index (χ0) is 15.3. The van der Waals surface area contributed by atoms with Gasteiger partial charge in [-0.15, -0.1) is 0 Å². The number of hydrogen-bond donors (Lipinski definition) is 1. The fraction of sp³-hybridized carbons (Fsp3) is 0.636. The molecule has 1 aromatic rings. The lowest BCUT2D eigenvalue weighted by Gasteiger charge is -2.17. The molecule has 9 heteroatoms. The number of anilines is 1. The molecular weight excluding hydrogens is 299 g/mol. The molecule has 0 amide bonds. The maximum Gasteiger partial charge on any atom is 0.391 e. The highest BCUT2D eigenvalue weighted by Crippen LogP contribution is 2.24. The monoisotopic (exact) mass is 313 g/mol. The molecule has 114 valence electrons. The summed E-state index contributed by atoms with van der Waals surface area (Å²) in [5.41, 5.74) is -0.491. The lowest BCUT2D eigenvalue weighted by Crippen LogP contribution is -2.28. The van der Waals surface area contributed by atoms with Crippen LogP contribution < -0.4 is 10.9 Å². The van der Waals surface area contributed by atoms with Gasteiger partial charge < -0.3 is 10.1 Å². The molecule has 0 aliphatic carbocycles. The minimum Gasteiger partial charge on any atom is -0.383 e. The van der Waals surface area contributed by atoms with E-state index in [0.29, 0.717) is 0 Å². The molecule has 1 rings (SSSR count). The van der Waals surface area contributed by atoms with Gasteiger partial charge in [-0.3, -0.25) is 4.79 Å². The normalized spacial score (nSPS) is 13.3. The lowest BCUT2D eigenvalue weighted by molar-refractivity contribution is -0.136. The minimum absolute atomic E-state index is 0.0853. The average Bonchev–Trinajstić information content (AvgIpc) is 2.32. The molecule has 0 bridgehead atoms. The number of rotatable bonds is 6. The van der Waals surface area contributed by atoms with Crippen molar-refractivity contribution in [3.63, 3.8) is 0 Å². The van der Waals surface area contributed by atoms with Gasteiger partial charge in [-0.2, -0.15) is 18.3 Å². The summed E-state index contributed by atoms with van der Waals surface area (Å²) in [4.78, 5) is 11.8. The third-order valence-electron chi connectivity index (χ3n) is 2.43. The molecule has 1 N–H and O–H groups in total. The van der Waals surface area contributed by atoms with Gasteiger partial charge in [-0.25, -0.2) is 4.68 Å². The van der Waals surface area contributed by atoms with Crippen molar-refractivity contribution >= 4 is 17.3 Å². The van der Waals surface area contributed by atoms with E-state index < -0.39 is 24.2 Å². The van der Waals surface area contributed by atoms with E-state index in [2.05, 4.69) is 10.4 Å². The number of hydrogen-bond acceptors (Lipinski definition) is 4. The number of alkyl halides is 3. The second-order valence-corrected chi connectivity index (χ2v) is 4.64. The van der Waals surface area contributed by atoms with Gasteiger partial charge in [0.15, 0.2) is 0 Å². The molecule has 0 radical (unpaired) electrons. The Morgan fingerprint density at radius 1 is 1.55 bits per heavy atom. The van der Waals surface area contributed by atoms with Crippen LogP contribution in [0.15, 0.2) is 11.0 Å². The fourth-order valence-corrected chi connectivity index (χ4v) is 1.77. The largest absolute Gasteiger partial charge is 0.391 e. The molecule has 1 heterocycles. The number of nitrogens with one attached hydrogen (secondary N) is 1. The summed E-state index contributed by atoms with van der Waals surface area (Å²) in [6.07, 6.45) is -4.10. The fourth-order valence-electron chi connectivity index (χ4n) is 1.57. The summed E-state index contributed by atoms with van der Waals surface area (Å²) in [5.74, 6) is 0. The Kier molecular flexibility index (Phi) is 5.82. The summed E-state index contributed by atoms with van der Waals surface area (Å²) >= 11 is 5.83. The molecule has 0 aromatic carbocycles. The van der Waals surface area contributed by atoms with Crippen molar-refractivity contribution in [1.29, 1.82) is 0 Å². The molecule has 0 fully saturated rings. The van der Waals surface area contributed by atoms with Crippen LogP contribution >= 0.6 is 11.6 Å². The standard InChI is InChI=1S/C11H15ClF3N3O2/c1-7(5-11(13,14)15)17-8-6-16-18(3-4-20-2)10(19)9(8)12/h6-7,17H,3-5H2,1-2H3. The van der Waals surface area contributed by atoms with Crippen molar-refractivity contribution in [2.75, 3.05) is 19.0 Å². The first-order chi connectivity index (χ1) is 9.24. The van der Waals surface area contributed by atoms with Crippen molar-refractivity contribution in [3.05, 3.63) is 21.6 Å². The van der Waals surface area contributed by atoms with Crippen LogP contribution in [0.25, 0.3) is 0 Å². The molecule has 0 saturated carbocycles. The summed E-state index contributed by atoms with van der Waals surface area (Å²) in [7, 11) is 1.47. The highest BCUT2D eigenvalue weighted by Gasteiger charge is 2.30. The van der Waals surface area contributed by atoms with Crippen LogP contribution in [-0.4, -0.2) is 35.7 Å². The van der Waals surface area contributed by atoms with Crippen LogP contribution in [0, 0.1) is 0 Å². The van der Waals surface area contributed by atoms with E-state index in [-0.39, 0.29) is 23.9 Å². The number of ether oxygens (including phenoxy) is 1. The Morgan fingerprint density at radius 2 is 2.20 bits per heavy atom. The van der Waals surface area contributed by atoms with E-state index in [1.54, 1.807) is 0 Å². The van der Waals surface area contributed by atoms with Crippen molar-refractivity contribution in [2.24, 2.45) is 0 Å². The molecule has 0 saturated heterocycles. The van der Waals surface area contributed by atoms with Crippen LogP contribution in [0.2, 0.25) is 5.02 Å². The van der Waals surface area contributed by atoms with Crippen LogP contribution in [0.4, 0.5) is 18.9 Å². The zero-order valence-corrected chi connectivity index (χ0v) is 11.8. The van der Waals surface area contributed by atoms with Gasteiger partial charge in [0.1, 0.15) is 5.02 Å². The van der Waals surface area contributed by atoms with Crippen molar-refractivity contribution in [1.82, 2.24) is 9.78 Å².